The molecule has 13 nitrogen and oxygen atoms in total. The number of sulfonamides is 1. The van der Waals surface area contributed by atoms with Crippen molar-refractivity contribution in [3.63, 3.8) is 0 Å². The number of fused-ring (bicyclic) bond motifs is 1. The standard InChI is InChI=1S/C46H59N5O8S/c1-6-31-28-46(31,44(55)49-60(56,57)34-18-12-8-13-19-34)48-42(53)39-25-33(29-51(39)43(54)36(45(2,3)4)26-41(52)50-22-14-9-15-23-50)59-40-27-37(30-16-10-7-11-17-30)47-38-24-32(58-5)20-21-35(38)40/h6-7,10-11,16-17,20-21,24,27,31,33-34,36,39H,1,8-9,12-15,18-19,22-23,25-26,28-29H2,2-5H3,(H,48,53)(H,49,55)/t31-,33-,36?,39+,46-/m1/s1. The number of likely N-dealkylation sites (tertiary alicyclic amines) is 2. The van der Waals surface area contributed by atoms with Gasteiger partial charge in [-0.15, -0.1) is 6.58 Å². The van der Waals surface area contributed by atoms with Gasteiger partial charge in [0.25, 0.3) is 5.91 Å². The van der Waals surface area contributed by atoms with E-state index in [0.717, 1.165) is 44.1 Å². The lowest BCUT2D eigenvalue weighted by molar-refractivity contribution is -0.148. The Labute approximate surface area is 353 Å². The van der Waals surface area contributed by atoms with Crippen LogP contribution in [0.5, 0.6) is 11.5 Å². The van der Waals surface area contributed by atoms with Gasteiger partial charge in [-0.3, -0.25) is 23.9 Å². The lowest BCUT2D eigenvalue weighted by atomic mass is 9.77. The van der Waals surface area contributed by atoms with Gasteiger partial charge in [-0.2, -0.15) is 0 Å². The molecule has 2 aromatic carbocycles. The predicted octanol–water partition coefficient (Wildman–Crippen LogP) is 6.16. The number of carbonyl (C=O) groups is 4. The van der Waals surface area contributed by atoms with Crippen molar-refractivity contribution in [3.8, 4) is 22.8 Å². The van der Waals surface area contributed by atoms with Gasteiger partial charge in [-0.25, -0.2) is 13.4 Å². The largest absolute Gasteiger partial charge is 0.497 e. The third kappa shape index (κ3) is 9.18. The van der Waals surface area contributed by atoms with Crippen molar-refractivity contribution in [1.29, 1.82) is 0 Å². The molecule has 0 bridgehead atoms. The lowest BCUT2D eigenvalue weighted by Gasteiger charge is -2.36. The summed E-state index contributed by atoms with van der Waals surface area (Å²) in [5.74, 6) is -2.01. The molecule has 2 aliphatic heterocycles. The van der Waals surface area contributed by atoms with Crippen LogP contribution in [0.2, 0.25) is 0 Å². The Morgan fingerprint density at radius 3 is 2.33 bits per heavy atom. The van der Waals surface area contributed by atoms with Crippen LogP contribution >= 0.6 is 0 Å². The van der Waals surface area contributed by atoms with Crippen molar-refractivity contribution in [2.24, 2.45) is 17.3 Å². The summed E-state index contributed by atoms with van der Waals surface area (Å²) in [6.07, 6.45) is 7.40. The molecule has 2 N–H and O–H groups in total. The summed E-state index contributed by atoms with van der Waals surface area (Å²) in [5, 5.41) is 2.94. The van der Waals surface area contributed by atoms with Crippen LogP contribution in [0.15, 0.2) is 67.3 Å². The smallest absolute Gasteiger partial charge is 0.259 e. The van der Waals surface area contributed by atoms with Crippen LogP contribution in [0, 0.1) is 17.3 Å². The Hall–Kier alpha value is -4.98. The van der Waals surface area contributed by atoms with E-state index in [2.05, 4.69) is 16.6 Å². The first-order valence-corrected chi connectivity index (χ1v) is 23.0. The summed E-state index contributed by atoms with van der Waals surface area (Å²) in [7, 11) is -2.41. The van der Waals surface area contributed by atoms with Crippen LogP contribution in [0.3, 0.4) is 0 Å². The van der Waals surface area contributed by atoms with Crippen molar-refractivity contribution in [1.82, 2.24) is 24.8 Å². The molecule has 1 unspecified atom stereocenters. The molecule has 4 fully saturated rings. The van der Waals surface area contributed by atoms with Crippen molar-refractivity contribution in [2.45, 2.75) is 114 Å². The fraction of sp³-hybridized carbons (Fsp3) is 0.543. The van der Waals surface area contributed by atoms with Crippen LogP contribution < -0.4 is 19.5 Å². The van der Waals surface area contributed by atoms with Gasteiger partial charge in [0.15, 0.2) is 0 Å². The van der Waals surface area contributed by atoms with Crippen molar-refractivity contribution in [2.75, 3.05) is 26.7 Å². The number of hydrogen-bond donors (Lipinski definition) is 2. The van der Waals surface area contributed by atoms with E-state index in [0.29, 0.717) is 54.0 Å². The highest BCUT2D eigenvalue weighted by atomic mass is 32.2. The molecule has 322 valence electrons. The number of nitrogens with one attached hydrogen (secondary N) is 2. The Bertz CT molecular complexity index is 2210. The normalized spacial score (nSPS) is 24.0. The quantitative estimate of drug-likeness (QED) is 0.192. The minimum absolute atomic E-state index is 0.0140. The molecular formula is C46H59N5O8S. The second kappa shape index (κ2) is 17.6. The van der Waals surface area contributed by atoms with Gasteiger partial charge in [0.05, 0.1) is 36.0 Å². The average Bonchev–Trinajstić information content (AvgIpc) is 3.81. The van der Waals surface area contributed by atoms with E-state index < -0.39 is 62.0 Å². The van der Waals surface area contributed by atoms with Gasteiger partial charge in [0, 0.05) is 54.9 Å². The van der Waals surface area contributed by atoms with Gasteiger partial charge in [-0.05, 0) is 56.1 Å². The Morgan fingerprint density at radius 1 is 0.983 bits per heavy atom. The monoisotopic (exact) mass is 841 g/mol. The SMILES string of the molecule is C=C[C@@H]1C[C@]1(NC(=O)[C@@H]1C[C@@H](Oc2cc(-c3ccccc3)nc3cc(OC)ccc23)CN1C(=O)C(CC(=O)N1CCCCC1)C(C)(C)C)C(=O)NS(=O)(=O)C1CCCCC1. The number of amides is 4. The Balaban J connectivity index is 1.20. The number of ether oxygens (including phenoxy) is 2. The molecule has 4 amide bonds. The molecule has 4 aliphatic rings. The number of piperidine rings is 1. The van der Waals surface area contributed by atoms with Crippen molar-refractivity contribution in [3.05, 3.63) is 67.3 Å². The molecule has 3 heterocycles. The van der Waals surface area contributed by atoms with Gasteiger partial charge >= 0.3 is 0 Å². The maximum atomic E-state index is 15.0. The number of carbonyl (C=O) groups excluding carboxylic acids is 4. The maximum Gasteiger partial charge on any atom is 0.259 e. The zero-order chi connectivity index (χ0) is 42.8. The molecule has 60 heavy (non-hydrogen) atoms. The molecule has 5 atom stereocenters. The van der Waals surface area contributed by atoms with E-state index >= 15 is 0 Å². The zero-order valence-corrected chi connectivity index (χ0v) is 36.1. The van der Waals surface area contributed by atoms with E-state index in [-0.39, 0.29) is 37.6 Å². The van der Waals surface area contributed by atoms with Gasteiger partial charge in [-0.1, -0.05) is 76.4 Å². The summed E-state index contributed by atoms with van der Waals surface area (Å²) in [5.41, 5.74) is -0.0281. The fourth-order valence-electron chi connectivity index (χ4n) is 9.14. The number of nitrogens with zero attached hydrogens (tertiary/aromatic N) is 3. The molecule has 0 radical (unpaired) electrons. The molecule has 2 saturated carbocycles. The molecule has 2 aliphatic carbocycles. The lowest BCUT2D eigenvalue weighted by Crippen LogP contribution is -2.58. The Kier molecular flexibility index (Phi) is 12.6. The zero-order valence-electron chi connectivity index (χ0n) is 35.3. The number of methoxy groups -OCH3 is 1. The highest BCUT2D eigenvalue weighted by molar-refractivity contribution is 7.90. The highest BCUT2D eigenvalue weighted by Crippen LogP contribution is 2.46. The molecule has 7 rings (SSSR count). The molecule has 0 spiro atoms. The number of pyridine rings is 1. The second-order valence-electron chi connectivity index (χ2n) is 18.0. The minimum atomic E-state index is -3.99. The van der Waals surface area contributed by atoms with Crippen molar-refractivity contribution >= 4 is 44.6 Å². The number of hydrogen-bond acceptors (Lipinski definition) is 9. The van der Waals surface area contributed by atoms with E-state index in [1.165, 1.54) is 4.90 Å². The fourth-order valence-corrected chi connectivity index (χ4v) is 10.7. The van der Waals surface area contributed by atoms with E-state index in [4.69, 9.17) is 14.5 Å². The Morgan fingerprint density at radius 2 is 1.68 bits per heavy atom. The third-order valence-electron chi connectivity index (χ3n) is 12.9. The van der Waals surface area contributed by atoms with Gasteiger partial charge < -0.3 is 24.6 Å². The second-order valence-corrected chi connectivity index (χ2v) is 20.0. The van der Waals surface area contributed by atoms with Crippen LogP contribution in [-0.2, 0) is 29.2 Å². The van der Waals surface area contributed by atoms with Crippen molar-refractivity contribution < 1.29 is 37.1 Å². The van der Waals surface area contributed by atoms with E-state index in [1.807, 2.05) is 80.3 Å². The van der Waals surface area contributed by atoms with Crippen LogP contribution in [0.4, 0.5) is 0 Å². The predicted molar refractivity (Wildman–Crippen MR) is 229 cm³/mol. The molecule has 2 saturated heterocycles. The topological polar surface area (TPSA) is 164 Å². The summed E-state index contributed by atoms with van der Waals surface area (Å²) < 4.78 is 41.4. The minimum Gasteiger partial charge on any atom is -0.497 e. The first kappa shape index (κ1) is 43.1. The summed E-state index contributed by atoms with van der Waals surface area (Å²) in [6, 6.07) is 15.9. The third-order valence-corrected chi connectivity index (χ3v) is 14.7. The van der Waals surface area contributed by atoms with Gasteiger partial charge in [0.2, 0.25) is 27.7 Å². The first-order chi connectivity index (χ1) is 28.6. The molecular weight excluding hydrogens is 783 g/mol. The summed E-state index contributed by atoms with van der Waals surface area (Å²) >= 11 is 0. The maximum absolute atomic E-state index is 15.0. The van der Waals surface area contributed by atoms with E-state index in [9.17, 15) is 27.6 Å². The highest BCUT2D eigenvalue weighted by Gasteiger charge is 2.62. The molecule has 14 heteroatoms. The summed E-state index contributed by atoms with van der Waals surface area (Å²) in [4.78, 5) is 65.6. The number of aromatic nitrogens is 1. The number of rotatable bonds is 13. The molecule has 3 aromatic rings. The molecule has 1 aromatic heterocycles. The van der Waals surface area contributed by atoms with Crippen LogP contribution in [0.1, 0.15) is 91.4 Å². The van der Waals surface area contributed by atoms with Crippen LogP contribution in [-0.4, -0.2) is 96.5 Å². The first-order valence-electron chi connectivity index (χ1n) is 21.4. The van der Waals surface area contributed by atoms with Crippen LogP contribution in [0.25, 0.3) is 22.2 Å². The average molecular weight is 842 g/mol. The summed E-state index contributed by atoms with van der Waals surface area (Å²) in [6.45, 7) is 11.0. The van der Waals surface area contributed by atoms with Gasteiger partial charge in [0.1, 0.15) is 29.2 Å². The van der Waals surface area contributed by atoms with E-state index in [1.54, 1.807) is 13.2 Å². The number of benzene rings is 2.